The molecule has 0 spiro atoms. The fourth-order valence-corrected chi connectivity index (χ4v) is 3.60. The molecule has 1 fully saturated rings. The molecule has 1 aromatic heterocycles. The Morgan fingerprint density at radius 1 is 1.11 bits per heavy atom. The van der Waals surface area contributed by atoms with Crippen LogP contribution in [0.2, 0.25) is 0 Å². The molecule has 1 aliphatic heterocycles. The molecular formula is C19H23FN4O2S. The smallest absolute Gasteiger partial charge is 0.321 e. The second-order valence-corrected chi connectivity index (χ2v) is 7.54. The number of urea groups is 2. The van der Waals surface area contributed by atoms with Crippen LogP contribution in [0.5, 0.6) is 0 Å². The van der Waals surface area contributed by atoms with E-state index in [4.69, 9.17) is 0 Å². The van der Waals surface area contributed by atoms with Crippen molar-refractivity contribution in [3.8, 4) is 0 Å². The third kappa shape index (κ3) is 5.96. The van der Waals surface area contributed by atoms with Crippen LogP contribution in [0.25, 0.3) is 0 Å². The predicted octanol–water partition coefficient (Wildman–Crippen LogP) is 3.63. The predicted molar refractivity (Wildman–Crippen MR) is 104 cm³/mol. The van der Waals surface area contributed by atoms with Gasteiger partial charge in [0, 0.05) is 30.2 Å². The summed E-state index contributed by atoms with van der Waals surface area (Å²) in [5, 5.41) is 10.5. The van der Waals surface area contributed by atoms with Crippen molar-refractivity contribution in [2.24, 2.45) is 5.92 Å². The fourth-order valence-electron chi connectivity index (χ4n) is 2.96. The van der Waals surface area contributed by atoms with E-state index < -0.39 is 0 Å². The zero-order chi connectivity index (χ0) is 19.1. The van der Waals surface area contributed by atoms with Crippen LogP contribution >= 0.6 is 11.3 Å². The number of hydrogen-bond donors (Lipinski definition) is 3. The van der Waals surface area contributed by atoms with Gasteiger partial charge in [-0.3, -0.25) is 0 Å². The molecule has 1 saturated heterocycles. The number of thiophene rings is 1. The third-order valence-electron chi connectivity index (χ3n) is 4.55. The molecule has 27 heavy (non-hydrogen) atoms. The van der Waals surface area contributed by atoms with Crippen molar-refractivity contribution in [1.29, 1.82) is 0 Å². The SMILES string of the molecule is O=C(NCc1cccs1)NCC1CCN(C(=O)Nc2ccc(F)cc2)CC1. The summed E-state index contributed by atoms with van der Waals surface area (Å²) < 4.78 is 12.9. The lowest BCUT2D eigenvalue weighted by atomic mass is 9.97. The minimum Gasteiger partial charge on any atom is -0.338 e. The number of piperidine rings is 1. The van der Waals surface area contributed by atoms with Crippen LogP contribution in [0.1, 0.15) is 17.7 Å². The lowest BCUT2D eigenvalue weighted by Gasteiger charge is -2.32. The molecule has 4 amide bonds. The Morgan fingerprint density at radius 3 is 2.52 bits per heavy atom. The van der Waals surface area contributed by atoms with Gasteiger partial charge in [0.15, 0.2) is 0 Å². The van der Waals surface area contributed by atoms with Gasteiger partial charge in [-0.2, -0.15) is 0 Å². The highest BCUT2D eigenvalue weighted by molar-refractivity contribution is 7.09. The van der Waals surface area contributed by atoms with E-state index in [0.29, 0.717) is 37.8 Å². The summed E-state index contributed by atoms with van der Waals surface area (Å²) in [7, 11) is 0. The molecule has 0 bridgehead atoms. The van der Waals surface area contributed by atoms with Gasteiger partial charge in [0.1, 0.15) is 5.82 Å². The van der Waals surface area contributed by atoms with Crippen LogP contribution in [-0.4, -0.2) is 36.6 Å². The van der Waals surface area contributed by atoms with Crippen molar-refractivity contribution in [2.75, 3.05) is 25.0 Å². The summed E-state index contributed by atoms with van der Waals surface area (Å²) in [5.41, 5.74) is 0.576. The lowest BCUT2D eigenvalue weighted by molar-refractivity contribution is 0.181. The van der Waals surface area contributed by atoms with Crippen LogP contribution in [0.3, 0.4) is 0 Å². The van der Waals surface area contributed by atoms with Crippen molar-refractivity contribution < 1.29 is 14.0 Å². The molecule has 0 atom stereocenters. The number of hydrogen-bond acceptors (Lipinski definition) is 3. The highest BCUT2D eigenvalue weighted by atomic mass is 32.1. The van der Waals surface area contributed by atoms with Crippen LogP contribution in [0.15, 0.2) is 41.8 Å². The molecular weight excluding hydrogens is 367 g/mol. The Kier molecular flexibility index (Phi) is 6.64. The van der Waals surface area contributed by atoms with Crippen LogP contribution < -0.4 is 16.0 Å². The molecule has 0 saturated carbocycles. The maximum atomic E-state index is 12.9. The Bertz CT molecular complexity index is 744. The van der Waals surface area contributed by atoms with Gasteiger partial charge in [0.25, 0.3) is 0 Å². The van der Waals surface area contributed by atoms with E-state index in [-0.39, 0.29) is 17.9 Å². The van der Waals surface area contributed by atoms with Crippen molar-refractivity contribution in [2.45, 2.75) is 19.4 Å². The monoisotopic (exact) mass is 390 g/mol. The second kappa shape index (κ2) is 9.36. The first-order valence-electron chi connectivity index (χ1n) is 8.96. The van der Waals surface area contributed by atoms with E-state index >= 15 is 0 Å². The normalized spacial score (nSPS) is 14.6. The van der Waals surface area contributed by atoms with E-state index in [1.54, 1.807) is 28.4 Å². The molecule has 6 nitrogen and oxygen atoms in total. The Labute approximate surface area is 161 Å². The van der Waals surface area contributed by atoms with E-state index in [0.717, 1.165) is 17.7 Å². The van der Waals surface area contributed by atoms with Crippen molar-refractivity contribution >= 4 is 29.1 Å². The van der Waals surface area contributed by atoms with E-state index in [9.17, 15) is 14.0 Å². The van der Waals surface area contributed by atoms with E-state index in [1.165, 1.54) is 12.1 Å². The first kappa shape index (κ1) is 19.2. The van der Waals surface area contributed by atoms with Crippen LogP contribution in [-0.2, 0) is 6.54 Å². The Balaban J connectivity index is 1.34. The fraction of sp³-hybridized carbons (Fsp3) is 0.368. The van der Waals surface area contributed by atoms with Gasteiger partial charge < -0.3 is 20.9 Å². The van der Waals surface area contributed by atoms with Gasteiger partial charge in [-0.15, -0.1) is 11.3 Å². The number of anilines is 1. The highest BCUT2D eigenvalue weighted by Crippen LogP contribution is 2.18. The van der Waals surface area contributed by atoms with E-state index in [1.807, 2.05) is 17.5 Å². The highest BCUT2D eigenvalue weighted by Gasteiger charge is 2.23. The second-order valence-electron chi connectivity index (χ2n) is 6.51. The number of nitrogens with one attached hydrogen (secondary N) is 3. The molecule has 1 aliphatic rings. The quantitative estimate of drug-likeness (QED) is 0.729. The maximum absolute atomic E-state index is 12.9. The Hall–Kier alpha value is -2.61. The van der Waals surface area contributed by atoms with Gasteiger partial charge in [-0.1, -0.05) is 6.07 Å². The summed E-state index contributed by atoms with van der Waals surface area (Å²) in [6.07, 6.45) is 1.67. The minimum absolute atomic E-state index is 0.167. The minimum atomic E-state index is -0.333. The number of carbonyl (C=O) groups is 2. The molecule has 2 heterocycles. The summed E-state index contributed by atoms with van der Waals surface area (Å²) in [4.78, 5) is 27.0. The molecule has 0 unspecified atom stereocenters. The number of halogens is 1. The van der Waals surface area contributed by atoms with Gasteiger partial charge in [-0.05, 0) is 54.5 Å². The zero-order valence-electron chi connectivity index (χ0n) is 14.9. The van der Waals surface area contributed by atoms with Crippen molar-refractivity contribution in [3.05, 3.63) is 52.5 Å². The molecule has 0 aliphatic carbocycles. The maximum Gasteiger partial charge on any atom is 0.321 e. The Morgan fingerprint density at radius 2 is 1.85 bits per heavy atom. The first-order chi connectivity index (χ1) is 13.1. The third-order valence-corrected chi connectivity index (χ3v) is 5.43. The van der Waals surface area contributed by atoms with Gasteiger partial charge in [0.2, 0.25) is 0 Å². The number of carbonyl (C=O) groups excluding carboxylic acids is 2. The first-order valence-corrected chi connectivity index (χ1v) is 9.83. The standard InChI is InChI=1S/C19H23FN4O2S/c20-15-3-5-16(6-4-15)23-19(26)24-9-7-14(8-10-24)12-21-18(25)22-13-17-2-1-11-27-17/h1-6,11,14H,7-10,12-13H2,(H,23,26)(H2,21,22,25). The molecule has 0 radical (unpaired) electrons. The summed E-state index contributed by atoms with van der Waals surface area (Å²) in [6, 6.07) is 9.31. The molecule has 3 N–H and O–H groups in total. The average molecular weight is 390 g/mol. The van der Waals surface area contributed by atoms with Crippen LogP contribution in [0.4, 0.5) is 19.7 Å². The van der Waals surface area contributed by atoms with Gasteiger partial charge >= 0.3 is 12.1 Å². The van der Waals surface area contributed by atoms with Crippen LogP contribution in [0, 0.1) is 11.7 Å². The van der Waals surface area contributed by atoms with Gasteiger partial charge in [0.05, 0.1) is 6.54 Å². The van der Waals surface area contributed by atoms with Crippen molar-refractivity contribution in [3.63, 3.8) is 0 Å². The summed E-state index contributed by atoms with van der Waals surface area (Å²) in [6.45, 7) is 2.40. The average Bonchev–Trinajstić information content (AvgIpc) is 3.20. The topological polar surface area (TPSA) is 73.5 Å². The lowest BCUT2D eigenvalue weighted by Crippen LogP contribution is -2.44. The molecule has 2 aromatic rings. The summed E-state index contributed by atoms with van der Waals surface area (Å²) >= 11 is 1.61. The zero-order valence-corrected chi connectivity index (χ0v) is 15.7. The number of benzene rings is 1. The van der Waals surface area contributed by atoms with E-state index in [2.05, 4.69) is 16.0 Å². The molecule has 3 rings (SSSR count). The number of likely N-dealkylation sites (tertiary alicyclic amines) is 1. The number of nitrogens with zero attached hydrogens (tertiary/aromatic N) is 1. The number of rotatable bonds is 5. The molecule has 8 heteroatoms. The number of amides is 4. The molecule has 144 valence electrons. The largest absolute Gasteiger partial charge is 0.338 e. The summed E-state index contributed by atoms with van der Waals surface area (Å²) in [5.74, 6) is 0.0214. The molecule has 1 aromatic carbocycles. The van der Waals surface area contributed by atoms with Crippen molar-refractivity contribution in [1.82, 2.24) is 15.5 Å². The van der Waals surface area contributed by atoms with Gasteiger partial charge in [-0.25, -0.2) is 14.0 Å².